The number of hydrogen-bond donors (Lipinski definition) is 10. The Morgan fingerprint density at radius 2 is 1.02 bits per heavy atom. The van der Waals surface area contributed by atoms with Crippen LogP contribution in [-0.4, -0.2) is 103 Å². The molecule has 0 aliphatic rings. The zero-order valence-electron chi connectivity index (χ0n) is 35.9. The Hall–Kier alpha value is -3.28. The molecule has 0 aromatic heterocycles. The number of rotatable bonds is 42. The molecule has 17 heteroatoms. The summed E-state index contributed by atoms with van der Waals surface area (Å²) in [7, 11) is 1.73. The second-order valence-electron chi connectivity index (χ2n) is 15.6. The first-order valence-electron chi connectivity index (χ1n) is 22.3. The van der Waals surface area contributed by atoms with E-state index in [1.807, 2.05) is 0 Å². The van der Waals surface area contributed by atoms with E-state index >= 15 is 0 Å². The number of amides is 4. The minimum atomic E-state index is -1.17. The van der Waals surface area contributed by atoms with E-state index in [1.165, 1.54) is 44.9 Å². The van der Waals surface area contributed by atoms with Crippen molar-refractivity contribution in [2.24, 2.45) is 5.73 Å². The van der Waals surface area contributed by atoms with Crippen molar-refractivity contribution >= 4 is 54.7 Å². The Morgan fingerprint density at radius 1 is 0.542 bits per heavy atom. The second-order valence-corrected chi connectivity index (χ2v) is 15.8. The topological polar surface area (TPSA) is 258 Å². The summed E-state index contributed by atoms with van der Waals surface area (Å²) in [5.74, 6) is -2.84. The maximum atomic E-state index is 12.5. The third-order valence-electron chi connectivity index (χ3n) is 10.4. The van der Waals surface area contributed by atoms with Gasteiger partial charge < -0.3 is 47.3 Å². The van der Waals surface area contributed by atoms with Crippen LogP contribution in [0.3, 0.4) is 0 Å². The van der Waals surface area contributed by atoms with Crippen molar-refractivity contribution < 1.29 is 43.8 Å². The Labute approximate surface area is 358 Å². The quantitative estimate of drug-likeness (QED) is 0.0232. The number of hydrogen-bond acceptors (Lipinski definition) is 11. The minimum Gasteiger partial charge on any atom is -0.481 e. The number of carbonyl (C=O) groups is 7. The lowest BCUT2D eigenvalue weighted by Gasteiger charge is -2.17. The van der Waals surface area contributed by atoms with Crippen LogP contribution in [0.25, 0.3) is 0 Å². The average molecular weight is 858 g/mol. The van der Waals surface area contributed by atoms with Crippen LogP contribution in [0.15, 0.2) is 0 Å². The fourth-order valence-corrected chi connectivity index (χ4v) is 6.82. The van der Waals surface area contributed by atoms with E-state index in [-0.39, 0.29) is 61.4 Å². The van der Waals surface area contributed by atoms with Gasteiger partial charge in [-0.15, -0.1) is 0 Å². The van der Waals surface area contributed by atoms with Crippen LogP contribution in [0.1, 0.15) is 173 Å². The lowest BCUT2D eigenvalue weighted by atomic mass is 10.0. The number of nitrogens with one attached hydrogen (secondary N) is 6. The molecule has 0 saturated carbocycles. The summed E-state index contributed by atoms with van der Waals surface area (Å²) in [5, 5.41) is 32.3. The van der Waals surface area contributed by atoms with Gasteiger partial charge in [0, 0.05) is 38.9 Å². The van der Waals surface area contributed by atoms with Crippen molar-refractivity contribution in [3.8, 4) is 0 Å². The Kier molecular flexibility index (Phi) is 36.7. The number of carboxylic acid groups (broad SMARTS) is 2. The highest BCUT2D eigenvalue weighted by Gasteiger charge is 2.21. The molecule has 0 aliphatic heterocycles. The van der Waals surface area contributed by atoms with E-state index in [0.717, 1.165) is 64.1 Å². The molecule has 0 saturated heterocycles. The molecule has 3 unspecified atom stereocenters. The van der Waals surface area contributed by atoms with Gasteiger partial charge in [0.15, 0.2) is 0 Å². The molecule has 0 bridgehead atoms. The molecule has 10 N–H and O–H groups in total. The molecular formula is C42H79N7O9S. The van der Waals surface area contributed by atoms with Crippen LogP contribution in [0.2, 0.25) is 0 Å². The Morgan fingerprint density at radius 3 is 1.51 bits per heavy atom. The molecule has 0 aromatic carbocycles. The average Bonchev–Trinajstić information content (AvgIpc) is 3.21. The highest BCUT2D eigenvalue weighted by Crippen LogP contribution is 2.14. The first kappa shape index (κ1) is 55.7. The smallest absolute Gasteiger partial charge is 0.326 e. The molecular weight excluding hydrogens is 779 g/mol. The van der Waals surface area contributed by atoms with Crippen molar-refractivity contribution in [1.82, 2.24) is 31.3 Å². The van der Waals surface area contributed by atoms with Crippen molar-refractivity contribution in [3.05, 3.63) is 0 Å². The lowest BCUT2D eigenvalue weighted by Crippen LogP contribution is -2.43. The normalized spacial score (nSPS) is 13.1. The molecule has 0 rings (SSSR count). The van der Waals surface area contributed by atoms with Gasteiger partial charge in [-0.3, -0.25) is 28.7 Å². The summed E-state index contributed by atoms with van der Waals surface area (Å²) in [4.78, 5) is 82.6. The number of nitrogens with two attached hydrogens (primary N) is 1. The highest BCUT2D eigenvalue weighted by atomic mass is 32.1. The van der Waals surface area contributed by atoms with Gasteiger partial charge in [-0.1, -0.05) is 89.9 Å². The standard InChI is InChI=1S/C42H79N7O9S/c1-44-35(41(56)47-31-19-16-22-33(32-50)49-59)24-18-21-30-46-40(55)34(43)23-17-20-29-45-37(51)28-27-36(42(57)58)48-38(52)25-14-12-10-8-6-4-2-3-5-7-9-11-13-15-26-39(53)54/h32-36,44,49,59H,2-31,43H2,1H3,(H,45,51)(H,46,55)(H,47,56)(H,48,52)(H,53,54)(H,57,58)/t33?,34-,35?,36?/m0/s1. The van der Waals surface area contributed by atoms with E-state index in [1.54, 1.807) is 7.05 Å². The molecule has 16 nitrogen and oxygen atoms in total. The largest absolute Gasteiger partial charge is 0.481 e. The van der Waals surface area contributed by atoms with Crippen LogP contribution >= 0.6 is 12.8 Å². The molecule has 0 fully saturated rings. The molecule has 59 heavy (non-hydrogen) atoms. The van der Waals surface area contributed by atoms with Gasteiger partial charge in [0.1, 0.15) is 12.3 Å². The van der Waals surface area contributed by atoms with Crippen LogP contribution in [0.5, 0.6) is 0 Å². The van der Waals surface area contributed by atoms with Gasteiger partial charge >= 0.3 is 11.9 Å². The van der Waals surface area contributed by atoms with Gasteiger partial charge in [0.2, 0.25) is 23.6 Å². The predicted molar refractivity (Wildman–Crippen MR) is 234 cm³/mol. The lowest BCUT2D eigenvalue weighted by molar-refractivity contribution is -0.142. The van der Waals surface area contributed by atoms with Crippen molar-refractivity contribution in [2.75, 3.05) is 26.7 Å². The summed E-state index contributed by atoms with van der Waals surface area (Å²) in [6.45, 7) is 1.34. The number of aldehydes is 1. The first-order chi connectivity index (χ1) is 28.4. The van der Waals surface area contributed by atoms with Gasteiger partial charge in [-0.05, 0) is 84.1 Å². The van der Waals surface area contributed by atoms with E-state index in [9.17, 15) is 38.7 Å². The number of likely N-dealkylation sites (N-methyl/N-ethyl adjacent to an activating group) is 1. The monoisotopic (exact) mass is 858 g/mol. The maximum absolute atomic E-state index is 12.5. The van der Waals surface area contributed by atoms with Gasteiger partial charge in [0.25, 0.3) is 0 Å². The number of thiol groups is 1. The Balaban J connectivity index is 3.92. The molecule has 0 radical (unpaired) electrons. The van der Waals surface area contributed by atoms with Crippen molar-refractivity contribution in [3.63, 3.8) is 0 Å². The van der Waals surface area contributed by atoms with Crippen LogP contribution in [-0.2, 0) is 33.6 Å². The number of carboxylic acids is 2. The maximum Gasteiger partial charge on any atom is 0.326 e. The van der Waals surface area contributed by atoms with E-state index < -0.39 is 24.0 Å². The van der Waals surface area contributed by atoms with Crippen LogP contribution in [0.4, 0.5) is 0 Å². The summed E-state index contributed by atoms with van der Waals surface area (Å²) in [6.07, 6.45) is 22.3. The van der Waals surface area contributed by atoms with Gasteiger partial charge in [-0.2, -0.15) is 0 Å². The summed E-state index contributed by atoms with van der Waals surface area (Å²) < 4.78 is 2.63. The predicted octanol–water partition coefficient (Wildman–Crippen LogP) is 4.44. The summed E-state index contributed by atoms with van der Waals surface area (Å²) in [6, 6.07) is -2.44. The van der Waals surface area contributed by atoms with E-state index in [4.69, 9.17) is 10.8 Å². The fraction of sp³-hybridized carbons (Fsp3) is 0.833. The number of aliphatic carboxylic acids is 2. The molecule has 342 valence electrons. The molecule has 0 aliphatic carbocycles. The molecule has 0 heterocycles. The Bertz CT molecular complexity index is 1170. The van der Waals surface area contributed by atoms with E-state index in [0.29, 0.717) is 64.6 Å². The number of unbranched alkanes of at least 4 members (excludes halogenated alkanes) is 16. The third-order valence-corrected chi connectivity index (χ3v) is 10.7. The molecule has 4 atom stereocenters. The summed E-state index contributed by atoms with van der Waals surface area (Å²) >= 11 is 3.91. The van der Waals surface area contributed by atoms with Crippen molar-refractivity contribution in [1.29, 1.82) is 0 Å². The van der Waals surface area contributed by atoms with Crippen molar-refractivity contribution in [2.45, 2.75) is 198 Å². The zero-order chi connectivity index (χ0) is 43.9. The second kappa shape index (κ2) is 38.9. The molecule has 0 aromatic rings. The zero-order valence-corrected chi connectivity index (χ0v) is 36.8. The molecule has 4 amide bonds. The first-order valence-corrected chi connectivity index (χ1v) is 22.7. The van der Waals surface area contributed by atoms with Crippen LogP contribution in [0, 0.1) is 0 Å². The number of carbonyl (C=O) groups excluding carboxylic acids is 5. The van der Waals surface area contributed by atoms with Gasteiger partial charge in [0.05, 0.1) is 18.1 Å². The fourth-order valence-electron chi connectivity index (χ4n) is 6.63. The highest BCUT2D eigenvalue weighted by molar-refractivity contribution is 7.78. The SMILES string of the molecule is CNC(CCCCNC(=O)[C@@H](N)CCCCNC(=O)CCC(NC(=O)CCCCCCCCCCCCCCCCC(=O)O)C(=O)O)C(=O)NCCCCC(C=O)NS. The van der Waals surface area contributed by atoms with Gasteiger partial charge in [-0.25, -0.2) is 4.79 Å². The van der Waals surface area contributed by atoms with E-state index in [2.05, 4.69) is 44.1 Å². The molecule has 0 spiro atoms. The third kappa shape index (κ3) is 34.2. The summed E-state index contributed by atoms with van der Waals surface area (Å²) in [5.41, 5.74) is 6.04. The minimum absolute atomic E-state index is 0.00635. The van der Waals surface area contributed by atoms with Crippen LogP contribution < -0.4 is 37.0 Å².